The third-order valence-corrected chi connectivity index (χ3v) is 3.77. The van der Waals surface area contributed by atoms with E-state index in [1.807, 2.05) is 32.6 Å². The van der Waals surface area contributed by atoms with Crippen molar-refractivity contribution in [3.05, 3.63) is 16.1 Å². The Labute approximate surface area is 113 Å². The van der Waals surface area contributed by atoms with Crippen molar-refractivity contribution < 1.29 is 4.79 Å². The molecule has 1 atom stereocenters. The summed E-state index contributed by atoms with van der Waals surface area (Å²) in [6.07, 6.45) is 0.875. The van der Waals surface area contributed by atoms with Crippen LogP contribution >= 0.6 is 11.3 Å². The standard InChI is InChI=1S/C13H23N3OS/c1-5-16(6-2)13(17)10(3)14-8-7-12-9-18-11(4)15-12/h9-10,14H,5-8H2,1-4H3. The molecule has 0 fully saturated rings. The first-order valence-corrected chi connectivity index (χ1v) is 7.39. The number of amides is 1. The van der Waals surface area contributed by atoms with E-state index in [-0.39, 0.29) is 11.9 Å². The highest BCUT2D eigenvalue weighted by Gasteiger charge is 2.17. The van der Waals surface area contributed by atoms with Gasteiger partial charge in [0.2, 0.25) is 5.91 Å². The fraction of sp³-hybridized carbons (Fsp3) is 0.692. The highest BCUT2D eigenvalue weighted by Crippen LogP contribution is 2.07. The van der Waals surface area contributed by atoms with Gasteiger partial charge in [0.1, 0.15) is 0 Å². The maximum Gasteiger partial charge on any atom is 0.239 e. The molecule has 1 N–H and O–H groups in total. The molecular weight excluding hydrogens is 246 g/mol. The molecule has 1 rings (SSSR count). The van der Waals surface area contributed by atoms with Gasteiger partial charge in [-0.05, 0) is 27.7 Å². The van der Waals surface area contributed by atoms with E-state index in [2.05, 4.69) is 15.7 Å². The third kappa shape index (κ3) is 4.38. The summed E-state index contributed by atoms with van der Waals surface area (Å²) in [6, 6.07) is -0.121. The normalized spacial score (nSPS) is 12.4. The zero-order valence-corrected chi connectivity index (χ0v) is 12.5. The molecule has 1 amide bonds. The number of likely N-dealkylation sites (N-methyl/N-ethyl adjacent to an activating group) is 1. The molecule has 5 heteroatoms. The van der Waals surface area contributed by atoms with Crippen molar-refractivity contribution in [2.75, 3.05) is 19.6 Å². The minimum Gasteiger partial charge on any atom is -0.342 e. The lowest BCUT2D eigenvalue weighted by molar-refractivity contribution is -0.132. The summed E-state index contributed by atoms with van der Waals surface area (Å²) in [4.78, 5) is 18.3. The number of aryl methyl sites for hydroxylation is 1. The van der Waals surface area contributed by atoms with E-state index in [0.29, 0.717) is 0 Å². The van der Waals surface area contributed by atoms with Crippen LogP contribution in [0.5, 0.6) is 0 Å². The summed E-state index contributed by atoms with van der Waals surface area (Å²) >= 11 is 1.67. The summed E-state index contributed by atoms with van der Waals surface area (Å²) in [6.45, 7) is 10.3. The summed E-state index contributed by atoms with van der Waals surface area (Å²) in [5.41, 5.74) is 1.10. The van der Waals surface area contributed by atoms with E-state index < -0.39 is 0 Å². The zero-order chi connectivity index (χ0) is 13.5. The lowest BCUT2D eigenvalue weighted by Gasteiger charge is -2.23. The van der Waals surface area contributed by atoms with Gasteiger partial charge in [0, 0.05) is 31.4 Å². The van der Waals surface area contributed by atoms with Crippen LogP contribution in [0.15, 0.2) is 5.38 Å². The summed E-state index contributed by atoms with van der Waals surface area (Å²) in [5.74, 6) is 0.175. The number of aromatic nitrogens is 1. The molecule has 18 heavy (non-hydrogen) atoms. The number of rotatable bonds is 7. The summed E-state index contributed by atoms with van der Waals surface area (Å²) in [5, 5.41) is 6.43. The molecule has 4 nitrogen and oxygen atoms in total. The molecule has 102 valence electrons. The van der Waals surface area contributed by atoms with Crippen LogP contribution in [0.1, 0.15) is 31.5 Å². The molecule has 0 radical (unpaired) electrons. The minimum atomic E-state index is -0.121. The molecule has 0 spiro atoms. The zero-order valence-electron chi connectivity index (χ0n) is 11.7. The molecule has 1 unspecified atom stereocenters. The Morgan fingerprint density at radius 2 is 2.17 bits per heavy atom. The predicted molar refractivity (Wildman–Crippen MR) is 75.9 cm³/mol. The van der Waals surface area contributed by atoms with Gasteiger partial charge in [0.05, 0.1) is 16.7 Å². The van der Waals surface area contributed by atoms with Gasteiger partial charge in [0.15, 0.2) is 0 Å². The molecule has 1 aromatic rings. The van der Waals surface area contributed by atoms with Crippen molar-refractivity contribution in [2.24, 2.45) is 0 Å². The van der Waals surface area contributed by atoms with Crippen LogP contribution in [0, 0.1) is 6.92 Å². The van der Waals surface area contributed by atoms with E-state index in [4.69, 9.17) is 0 Å². The summed E-state index contributed by atoms with van der Waals surface area (Å²) in [7, 11) is 0. The van der Waals surface area contributed by atoms with Crippen molar-refractivity contribution in [3.63, 3.8) is 0 Å². The van der Waals surface area contributed by atoms with Crippen LogP contribution in [0.4, 0.5) is 0 Å². The number of hydrogen-bond donors (Lipinski definition) is 1. The maximum atomic E-state index is 12.0. The fourth-order valence-electron chi connectivity index (χ4n) is 1.84. The van der Waals surface area contributed by atoms with Gasteiger partial charge in [-0.15, -0.1) is 11.3 Å². The van der Waals surface area contributed by atoms with Crippen LogP contribution < -0.4 is 5.32 Å². The monoisotopic (exact) mass is 269 g/mol. The van der Waals surface area contributed by atoms with E-state index >= 15 is 0 Å². The lowest BCUT2D eigenvalue weighted by atomic mass is 10.2. The van der Waals surface area contributed by atoms with Crippen molar-refractivity contribution in [1.82, 2.24) is 15.2 Å². The van der Waals surface area contributed by atoms with Gasteiger partial charge in [0.25, 0.3) is 0 Å². The SMILES string of the molecule is CCN(CC)C(=O)C(C)NCCc1csc(C)n1. The Balaban J connectivity index is 2.32. The Morgan fingerprint density at radius 1 is 1.50 bits per heavy atom. The maximum absolute atomic E-state index is 12.0. The predicted octanol–water partition coefficient (Wildman–Crippen LogP) is 1.84. The average molecular weight is 269 g/mol. The quantitative estimate of drug-likeness (QED) is 0.821. The Bertz CT molecular complexity index is 374. The van der Waals surface area contributed by atoms with Gasteiger partial charge >= 0.3 is 0 Å². The van der Waals surface area contributed by atoms with E-state index in [1.54, 1.807) is 11.3 Å². The van der Waals surface area contributed by atoms with Gasteiger partial charge in [-0.1, -0.05) is 0 Å². The molecule has 0 aliphatic carbocycles. The van der Waals surface area contributed by atoms with Crippen molar-refractivity contribution in [3.8, 4) is 0 Å². The molecule has 0 aliphatic rings. The van der Waals surface area contributed by atoms with Crippen LogP contribution in [0.2, 0.25) is 0 Å². The number of carbonyl (C=O) groups is 1. The molecule has 0 saturated heterocycles. The first-order chi connectivity index (χ1) is 8.58. The van der Waals surface area contributed by atoms with Crippen LogP contribution in [-0.2, 0) is 11.2 Å². The fourth-order valence-corrected chi connectivity index (χ4v) is 2.48. The van der Waals surface area contributed by atoms with E-state index in [9.17, 15) is 4.79 Å². The molecule has 1 heterocycles. The first-order valence-electron chi connectivity index (χ1n) is 6.51. The van der Waals surface area contributed by atoms with Gasteiger partial charge in [-0.2, -0.15) is 0 Å². The largest absolute Gasteiger partial charge is 0.342 e. The van der Waals surface area contributed by atoms with Gasteiger partial charge in [-0.3, -0.25) is 4.79 Å². The minimum absolute atomic E-state index is 0.121. The first kappa shape index (κ1) is 15.1. The second-order valence-electron chi connectivity index (χ2n) is 4.29. The second-order valence-corrected chi connectivity index (χ2v) is 5.36. The molecule has 0 aliphatic heterocycles. The average Bonchev–Trinajstić information content (AvgIpc) is 2.76. The molecule has 0 bridgehead atoms. The van der Waals surface area contributed by atoms with Crippen LogP contribution in [0.3, 0.4) is 0 Å². The lowest BCUT2D eigenvalue weighted by Crippen LogP contribution is -2.45. The van der Waals surface area contributed by atoms with Crippen LogP contribution in [-0.4, -0.2) is 41.5 Å². The number of hydrogen-bond acceptors (Lipinski definition) is 4. The molecule has 0 aromatic carbocycles. The van der Waals surface area contributed by atoms with E-state index in [1.165, 1.54) is 0 Å². The second kappa shape index (κ2) is 7.48. The van der Waals surface area contributed by atoms with Crippen molar-refractivity contribution >= 4 is 17.2 Å². The Hall–Kier alpha value is -0.940. The Morgan fingerprint density at radius 3 is 2.67 bits per heavy atom. The topological polar surface area (TPSA) is 45.2 Å². The van der Waals surface area contributed by atoms with Crippen LogP contribution in [0.25, 0.3) is 0 Å². The van der Waals surface area contributed by atoms with E-state index in [0.717, 1.165) is 36.8 Å². The highest BCUT2D eigenvalue weighted by atomic mass is 32.1. The van der Waals surface area contributed by atoms with Crippen molar-refractivity contribution in [1.29, 1.82) is 0 Å². The number of carbonyl (C=O) groups excluding carboxylic acids is 1. The third-order valence-electron chi connectivity index (χ3n) is 2.94. The van der Waals surface area contributed by atoms with Gasteiger partial charge in [-0.25, -0.2) is 4.98 Å². The summed E-state index contributed by atoms with van der Waals surface area (Å²) < 4.78 is 0. The molecule has 0 saturated carbocycles. The number of nitrogens with zero attached hydrogens (tertiary/aromatic N) is 2. The highest BCUT2D eigenvalue weighted by molar-refractivity contribution is 7.09. The Kier molecular flexibility index (Phi) is 6.29. The number of nitrogens with one attached hydrogen (secondary N) is 1. The van der Waals surface area contributed by atoms with Crippen molar-refractivity contribution in [2.45, 2.75) is 40.2 Å². The smallest absolute Gasteiger partial charge is 0.239 e. The number of thiazole rings is 1. The molecule has 1 aromatic heterocycles. The molecular formula is C13H23N3OS. The van der Waals surface area contributed by atoms with Gasteiger partial charge < -0.3 is 10.2 Å².